The third-order valence-corrected chi connectivity index (χ3v) is 4.00. The van der Waals surface area contributed by atoms with Crippen LogP contribution in [0.2, 0.25) is 0 Å². The number of carbonyl (C=O) groups is 1. The van der Waals surface area contributed by atoms with E-state index in [0.29, 0.717) is 13.0 Å². The fourth-order valence-corrected chi connectivity index (χ4v) is 2.76. The molecule has 1 atom stereocenters. The molecule has 1 aromatic rings. The van der Waals surface area contributed by atoms with Gasteiger partial charge in [-0.1, -0.05) is 26.8 Å². The third-order valence-electron chi connectivity index (χ3n) is 3.00. The summed E-state index contributed by atoms with van der Waals surface area (Å²) in [6, 6.07) is 5.64. The minimum atomic E-state index is -0.513. The SMILES string of the molecule is CCN1C(=O)C(Cl)C[C-]=C1c1ccc(OC)cc1Br.[Y]. The van der Waals surface area contributed by atoms with Gasteiger partial charge in [0.05, 0.1) is 7.11 Å². The summed E-state index contributed by atoms with van der Waals surface area (Å²) < 4.78 is 6.04. The van der Waals surface area contributed by atoms with Crippen LogP contribution >= 0.6 is 27.5 Å². The maximum absolute atomic E-state index is 12.1. The van der Waals surface area contributed by atoms with Crippen LogP contribution in [-0.4, -0.2) is 29.8 Å². The van der Waals surface area contributed by atoms with Gasteiger partial charge in [0.15, 0.2) is 0 Å². The molecule has 105 valence electrons. The topological polar surface area (TPSA) is 29.5 Å². The first-order valence-electron chi connectivity index (χ1n) is 5.98. The molecule has 2 rings (SSSR count). The molecule has 1 amide bonds. The summed E-state index contributed by atoms with van der Waals surface area (Å²) in [5.41, 5.74) is 1.69. The molecule has 3 nitrogen and oxygen atoms in total. The second-order valence-electron chi connectivity index (χ2n) is 4.13. The van der Waals surface area contributed by atoms with Gasteiger partial charge < -0.3 is 9.64 Å². The van der Waals surface area contributed by atoms with Crippen LogP contribution in [0.3, 0.4) is 0 Å². The Morgan fingerprint density at radius 3 is 2.80 bits per heavy atom. The molecule has 1 aliphatic heterocycles. The summed E-state index contributed by atoms with van der Waals surface area (Å²) in [6.45, 7) is 2.49. The number of benzene rings is 1. The third kappa shape index (κ3) is 3.65. The number of carbonyl (C=O) groups excluding carboxylic acids is 1. The van der Waals surface area contributed by atoms with E-state index in [-0.39, 0.29) is 38.6 Å². The van der Waals surface area contributed by atoms with E-state index in [1.165, 1.54) is 0 Å². The maximum atomic E-state index is 12.1. The minimum Gasteiger partial charge on any atom is -0.497 e. The Morgan fingerprint density at radius 2 is 2.25 bits per heavy atom. The molecule has 1 aliphatic rings. The number of ether oxygens (including phenoxy) is 1. The van der Waals surface area contributed by atoms with Gasteiger partial charge in [-0.25, -0.2) is 6.08 Å². The zero-order valence-corrected chi connectivity index (χ0v) is 16.5. The Hall–Kier alpha value is 0.104. The molecule has 1 radical (unpaired) electrons. The normalized spacial score (nSPS) is 18.4. The van der Waals surface area contributed by atoms with Gasteiger partial charge in [0.25, 0.3) is 0 Å². The van der Waals surface area contributed by atoms with Crippen LogP contribution in [0.25, 0.3) is 5.70 Å². The first-order chi connectivity index (χ1) is 9.08. The average Bonchev–Trinajstić information content (AvgIpc) is 2.42. The fourth-order valence-electron chi connectivity index (χ4n) is 2.02. The molecule has 0 aliphatic carbocycles. The van der Waals surface area contributed by atoms with Gasteiger partial charge in [-0.3, -0.25) is 4.79 Å². The number of halogens is 2. The summed E-state index contributed by atoms with van der Waals surface area (Å²) in [5.74, 6) is 0.692. The number of hydrogen-bond donors (Lipinski definition) is 0. The van der Waals surface area contributed by atoms with Crippen LogP contribution < -0.4 is 4.74 Å². The maximum Gasteiger partial charge on any atom is 0.241 e. The molecule has 1 heterocycles. The van der Waals surface area contributed by atoms with Gasteiger partial charge in [-0.15, -0.1) is 28.9 Å². The van der Waals surface area contributed by atoms with Gasteiger partial charge >= 0.3 is 0 Å². The van der Waals surface area contributed by atoms with E-state index >= 15 is 0 Å². The van der Waals surface area contributed by atoms with E-state index in [0.717, 1.165) is 21.5 Å². The summed E-state index contributed by atoms with van der Waals surface area (Å²) in [5, 5.41) is -0.513. The smallest absolute Gasteiger partial charge is 0.241 e. The second-order valence-corrected chi connectivity index (χ2v) is 5.51. The molecular weight excluding hydrogens is 418 g/mol. The summed E-state index contributed by atoms with van der Waals surface area (Å²) in [7, 11) is 1.62. The van der Waals surface area contributed by atoms with E-state index < -0.39 is 5.38 Å². The van der Waals surface area contributed by atoms with Crippen molar-refractivity contribution in [1.29, 1.82) is 0 Å². The van der Waals surface area contributed by atoms with Gasteiger partial charge in [0.2, 0.25) is 5.91 Å². The fraction of sp³-hybridized carbons (Fsp3) is 0.357. The van der Waals surface area contributed by atoms with E-state index in [4.69, 9.17) is 16.3 Å². The Bertz CT molecular complexity index is 536. The zero-order chi connectivity index (χ0) is 14.0. The quantitative estimate of drug-likeness (QED) is 0.541. The van der Waals surface area contributed by atoms with Crippen LogP contribution in [0.1, 0.15) is 18.9 Å². The molecular formula is C14H14BrClNO2Y-. The van der Waals surface area contributed by atoms with Crippen molar-refractivity contribution in [2.45, 2.75) is 18.7 Å². The van der Waals surface area contributed by atoms with Crippen molar-refractivity contribution in [3.63, 3.8) is 0 Å². The zero-order valence-electron chi connectivity index (χ0n) is 11.3. The molecule has 0 saturated carbocycles. The first-order valence-corrected chi connectivity index (χ1v) is 7.21. The molecule has 6 heteroatoms. The van der Waals surface area contributed by atoms with Crippen LogP contribution in [0.5, 0.6) is 5.75 Å². The van der Waals surface area contributed by atoms with E-state index in [2.05, 4.69) is 22.0 Å². The molecule has 0 bridgehead atoms. The molecule has 0 N–H and O–H groups in total. The van der Waals surface area contributed by atoms with Crippen molar-refractivity contribution in [2.75, 3.05) is 13.7 Å². The molecule has 0 fully saturated rings. The van der Waals surface area contributed by atoms with Crippen molar-refractivity contribution < 1.29 is 42.2 Å². The van der Waals surface area contributed by atoms with Crippen molar-refractivity contribution in [2.24, 2.45) is 0 Å². The number of hydrogen-bond acceptors (Lipinski definition) is 2. The van der Waals surface area contributed by atoms with Gasteiger partial charge in [-0.05, 0) is 19.1 Å². The predicted octanol–water partition coefficient (Wildman–Crippen LogP) is 3.46. The van der Waals surface area contributed by atoms with E-state index in [1.54, 1.807) is 12.0 Å². The van der Waals surface area contributed by atoms with Gasteiger partial charge in [0, 0.05) is 39.3 Å². The van der Waals surface area contributed by atoms with Crippen molar-refractivity contribution in [3.8, 4) is 5.75 Å². The van der Waals surface area contributed by atoms with Crippen molar-refractivity contribution in [3.05, 3.63) is 34.3 Å². The van der Waals surface area contributed by atoms with Gasteiger partial charge in [-0.2, -0.15) is 0 Å². The number of methoxy groups -OCH3 is 1. The summed E-state index contributed by atoms with van der Waals surface area (Å²) in [4.78, 5) is 13.7. The Kier molecular flexibility index (Phi) is 7.20. The van der Waals surface area contributed by atoms with Crippen LogP contribution in [0, 0.1) is 6.08 Å². The largest absolute Gasteiger partial charge is 0.497 e. The Balaban J connectivity index is 0.00000200. The number of rotatable bonds is 3. The van der Waals surface area contributed by atoms with Crippen LogP contribution in [0.4, 0.5) is 0 Å². The summed E-state index contributed by atoms with van der Waals surface area (Å²) in [6.07, 6.45) is 3.65. The Labute approximate surface area is 157 Å². The minimum absolute atomic E-state index is 0. The molecule has 1 aromatic carbocycles. The summed E-state index contributed by atoms with van der Waals surface area (Å²) >= 11 is 9.49. The van der Waals surface area contributed by atoms with Crippen LogP contribution in [0.15, 0.2) is 22.7 Å². The van der Waals surface area contributed by atoms with E-state index in [9.17, 15) is 4.79 Å². The number of allylic oxidation sites excluding steroid dienone is 1. The molecule has 0 saturated heterocycles. The van der Waals surface area contributed by atoms with Gasteiger partial charge in [0.1, 0.15) is 11.1 Å². The molecule has 0 spiro atoms. The van der Waals surface area contributed by atoms with E-state index in [1.807, 2.05) is 25.1 Å². The van der Waals surface area contributed by atoms with Crippen molar-refractivity contribution in [1.82, 2.24) is 4.90 Å². The monoisotopic (exact) mass is 431 g/mol. The first kappa shape index (κ1) is 18.2. The molecule has 0 aromatic heterocycles. The van der Waals surface area contributed by atoms with Crippen molar-refractivity contribution >= 4 is 39.1 Å². The van der Waals surface area contributed by atoms with Crippen LogP contribution in [-0.2, 0) is 37.5 Å². The average molecular weight is 433 g/mol. The number of alkyl halides is 1. The standard InChI is InChI=1S/C14H14BrClNO2.Y/c1-3-17-13(7-6-12(16)14(17)18)10-5-4-9(19-2)8-11(10)15;/h4-5,8,12H,3,6H2,1-2H3;/q-1;. The predicted molar refractivity (Wildman–Crippen MR) is 79.0 cm³/mol. The number of amides is 1. The molecule has 20 heavy (non-hydrogen) atoms. The second kappa shape index (κ2) is 7.93. The Morgan fingerprint density at radius 1 is 1.55 bits per heavy atom. The molecule has 1 unspecified atom stereocenters. The number of nitrogens with zero attached hydrogens (tertiary/aromatic N) is 1.